The zero-order valence-electron chi connectivity index (χ0n) is 10.2. The Labute approximate surface area is 100 Å². The standard InChI is InChI=1S/C12H16N2O3/c1-4-17-12(16)13-11(15)10-7-5-6-9(10)8-14(2)3/h5-8H,4H2,1-3H3,(H,13,15,16)/b9-8+. The molecule has 0 fully saturated rings. The summed E-state index contributed by atoms with van der Waals surface area (Å²) in [6, 6.07) is 0. The van der Waals surface area contributed by atoms with Crippen LogP contribution in [0, 0.1) is 0 Å². The molecule has 0 aromatic heterocycles. The van der Waals surface area contributed by atoms with Crippen molar-refractivity contribution >= 4 is 12.0 Å². The maximum atomic E-state index is 11.7. The highest BCUT2D eigenvalue weighted by Crippen LogP contribution is 2.18. The molecule has 0 atom stereocenters. The van der Waals surface area contributed by atoms with Crippen LogP contribution in [0.5, 0.6) is 0 Å². The lowest BCUT2D eigenvalue weighted by atomic mass is 10.1. The minimum absolute atomic E-state index is 0.233. The molecule has 0 bridgehead atoms. The van der Waals surface area contributed by atoms with Gasteiger partial charge in [0, 0.05) is 31.4 Å². The summed E-state index contributed by atoms with van der Waals surface area (Å²) in [5, 5.41) is 2.16. The second-order valence-corrected chi connectivity index (χ2v) is 3.66. The first kappa shape index (κ1) is 13.0. The van der Waals surface area contributed by atoms with Crippen LogP contribution in [0.2, 0.25) is 0 Å². The lowest BCUT2D eigenvalue weighted by Crippen LogP contribution is -2.32. The summed E-state index contributed by atoms with van der Waals surface area (Å²) in [6.45, 7) is 1.91. The molecule has 1 aliphatic rings. The van der Waals surface area contributed by atoms with E-state index in [9.17, 15) is 9.59 Å². The SMILES string of the molecule is CCOC(=O)NC(=O)C1=CC=C/C1=C\N(C)C. The molecule has 92 valence electrons. The molecule has 1 N–H and O–H groups in total. The van der Waals surface area contributed by atoms with Crippen LogP contribution in [0.4, 0.5) is 4.79 Å². The van der Waals surface area contributed by atoms with Crippen LogP contribution in [0.3, 0.4) is 0 Å². The van der Waals surface area contributed by atoms with Crippen molar-refractivity contribution in [2.75, 3.05) is 20.7 Å². The second-order valence-electron chi connectivity index (χ2n) is 3.66. The van der Waals surface area contributed by atoms with E-state index in [2.05, 4.69) is 10.1 Å². The summed E-state index contributed by atoms with van der Waals surface area (Å²) in [7, 11) is 3.72. The molecule has 0 saturated carbocycles. The summed E-state index contributed by atoms with van der Waals surface area (Å²) < 4.78 is 4.64. The maximum Gasteiger partial charge on any atom is 0.414 e. The quantitative estimate of drug-likeness (QED) is 0.800. The van der Waals surface area contributed by atoms with Gasteiger partial charge in [-0.05, 0) is 13.0 Å². The number of hydrogen-bond acceptors (Lipinski definition) is 4. The number of ether oxygens (including phenoxy) is 1. The highest BCUT2D eigenvalue weighted by atomic mass is 16.5. The van der Waals surface area contributed by atoms with Crippen molar-refractivity contribution in [2.24, 2.45) is 0 Å². The Morgan fingerprint density at radius 2 is 2.18 bits per heavy atom. The number of amides is 2. The van der Waals surface area contributed by atoms with Gasteiger partial charge in [-0.15, -0.1) is 0 Å². The third-order valence-electron chi connectivity index (χ3n) is 1.98. The third kappa shape index (κ3) is 3.79. The third-order valence-corrected chi connectivity index (χ3v) is 1.98. The Morgan fingerprint density at radius 3 is 2.76 bits per heavy atom. The lowest BCUT2D eigenvalue weighted by molar-refractivity contribution is -0.116. The normalized spacial score (nSPS) is 15.7. The molecule has 5 nitrogen and oxygen atoms in total. The average Bonchev–Trinajstić information content (AvgIpc) is 2.65. The van der Waals surface area contributed by atoms with Crippen molar-refractivity contribution in [2.45, 2.75) is 6.92 Å². The van der Waals surface area contributed by atoms with Crippen LogP contribution >= 0.6 is 0 Å². The van der Waals surface area contributed by atoms with Gasteiger partial charge in [0.2, 0.25) is 0 Å². The molecule has 1 rings (SSSR count). The fourth-order valence-electron chi connectivity index (χ4n) is 1.36. The van der Waals surface area contributed by atoms with Crippen molar-refractivity contribution in [3.8, 4) is 0 Å². The topological polar surface area (TPSA) is 58.6 Å². The van der Waals surface area contributed by atoms with E-state index in [1.807, 2.05) is 19.0 Å². The first-order valence-corrected chi connectivity index (χ1v) is 5.29. The van der Waals surface area contributed by atoms with Gasteiger partial charge in [0.1, 0.15) is 0 Å². The molecule has 0 aliphatic heterocycles. The molecular formula is C12H16N2O3. The van der Waals surface area contributed by atoms with Crippen LogP contribution in [0.15, 0.2) is 35.6 Å². The highest BCUT2D eigenvalue weighted by molar-refractivity contribution is 6.06. The minimum Gasteiger partial charge on any atom is -0.450 e. The van der Waals surface area contributed by atoms with E-state index < -0.39 is 12.0 Å². The lowest BCUT2D eigenvalue weighted by Gasteiger charge is -2.09. The van der Waals surface area contributed by atoms with E-state index in [1.165, 1.54) is 0 Å². The molecule has 0 aromatic rings. The van der Waals surface area contributed by atoms with Crippen LogP contribution in [-0.2, 0) is 9.53 Å². The van der Waals surface area contributed by atoms with Gasteiger partial charge in [-0.3, -0.25) is 10.1 Å². The number of imide groups is 1. The molecule has 1 aliphatic carbocycles. The second kappa shape index (κ2) is 5.89. The molecule has 5 heteroatoms. The summed E-state index contributed by atoms with van der Waals surface area (Å²) in [4.78, 5) is 24.7. The van der Waals surface area contributed by atoms with Gasteiger partial charge >= 0.3 is 6.09 Å². The van der Waals surface area contributed by atoms with Crippen LogP contribution in [0.1, 0.15) is 6.92 Å². The largest absolute Gasteiger partial charge is 0.450 e. The number of rotatable bonds is 3. The van der Waals surface area contributed by atoms with Gasteiger partial charge < -0.3 is 9.64 Å². The summed E-state index contributed by atoms with van der Waals surface area (Å²) in [5.74, 6) is -0.457. The molecule has 0 unspecified atom stereocenters. The van der Waals surface area contributed by atoms with Crippen molar-refractivity contribution in [3.05, 3.63) is 35.6 Å². The Bertz CT molecular complexity index is 406. The van der Waals surface area contributed by atoms with Crippen molar-refractivity contribution < 1.29 is 14.3 Å². The maximum absolute atomic E-state index is 11.7. The molecule has 0 aromatic carbocycles. The van der Waals surface area contributed by atoms with Crippen LogP contribution < -0.4 is 5.32 Å². The number of hydrogen-bond donors (Lipinski definition) is 1. The molecular weight excluding hydrogens is 220 g/mol. The first-order chi connectivity index (χ1) is 8.04. The Hall–Kier alpha value is -2.04. The van der Waals surface area contributed by atoms with E-state index in [0.29, 0.717) is 5.57 Å². The predicted octanol–water partition coefficient (Wildman–Crippen LogP) is 1.20. The van der Waals surface area contributed by atoms with E-state index in [1.54, 1.807) is 31.4 Å². The van der Waals surface area contributed by atoms with E-state index in [0.717, 1.165) is 5.57 Å². The number of carbonyl (C=O) groups excluding carboxylic acids is 2. The van der Waals surface area contributed by atoms with Crippen LogP contribution in [0.25, 0.3) is 0 Å². The van der Waals surface area contributed by atoms with Gasteiger partial charge in [-0.1, -0.05) is 12.2 Å². The zero-order chi connectivity index (χ0) is 12.8. The summed E-state index contributed by atoms with van der Waals surface area (Å²) in [6.07, 6.45) is 6.30. The van der Waals surface area contributed by atoms with Gasteiger partial charge in [0.05, 0.1) is 6.61 Å². The zero-order valence-corrected chi connectivity index (χ0v) is 10.2. The van der Waals surface area contributed by atoms with Gasteiger partial charge in [-0.2, -0.15) is 0 Å². The number of carbonyl (C=O) groups is 2. The summed E-state index contributed by atoms with van der Waals surface area (Å²) in [5.41, 5.74) is 1.21. The molecule has 17 heavy (non-hydrogen) atoms. The van der Waals surface area contributed by atoms with Gasteiger partial charge in [0.25, 0.3) is 5.91 Å². The fourth-order valence-corrected chi connectivity index (χ4v) is 1.36. The van der Waals surface area contributed by atoms with Crippen molar-refractivity contribution in [3.63, 3.8) is 0 Å². The average molecular weight is 236 g/mol. The van der Waals surface area contributed by atoms with Gasteiger partial charge in [-0.25, -0.2) is 4.79 Å². The van der Waals surface area contributed by atoms with Crippen molar-refractivity contribution in [1.29, 1.82) is 0 Å². The highest BCUT2D eigenvalue weighted by Gasteiger charge is 2.18. The molecule has 0 saturated heterocycles. The molecule has 0 heterocycles. The Morgan fingerprint density at radius 1 is 1.47 bits per heavy atom. The fraction of sp³-hybridized carbons (Fsp3) is 0.333. The summed E-state index contributed by atoms with van der Waals surface area (Å²) >= 11 is 0. The first-order valence-electron chi connectivity index (χ1n) is 5.29. The van der Waals surface area contributed by atoms with Crippen LogP contribution in [-0.4, -0.2) is 37.6 Å². The van der Waals surface area contributed by atoms with E-state index >= 15 is 0 Å². The van der Waals surface area contributed by atoms with E-state index in [-0.39, 0.29) is 6.61 Å². The predicted molar refractivity (Wildman–Crippen MR) is 64.2 cm³/mol. The Kier molecular flexibility index (Phi) is 4.51. The number of alkyl carbamates (subject to hydrolysis) is 1. The molecule has 0 spiro atoms. The molecule has 0 radical (unpaired) electrons. The van der Waals surface area contributed by atoms with Gasteiger partial charge in [0.15, 0.2) is 0 Å². The monoisotopic (exact) mass is 236 g/mol. The smallest absolute Gasteiger partial charge is 0.414 e. The Balaban J connectivity index is 2.68. The van der Waals surface area contributed by atoms with E-state index in [4.69, 9.17) is 0 Å². The number of allylic oxidation sites excluding steroid dienone is 3. The number of nitrogens with one attached hydrogen (secondary N) is 1. The molecule has 2 amide bonds. The van der Waals surface area contributed by atoms with Crippen molar-refractivity contribution in [1.82, 2.24) is 10.2 Å². The number of nitrogens with zero attached hydrogens (tertiary/aromatic N) is 1. The minimum atomic E-state index is -0.727.